The van der Waals surface area contributed by atoms with E-state index in [9.17, 15) is 9.18 Å². The molecule has 0 aliphatic carbocycles. The van der Waals surface area contributed by atoms with E-state index in [0.717, 1.165) is 43.0 Å². The van der Waals surface area contributed by atoms with E-state index in [4.69, 9.17) is 0 Å². The zero-order valence-electron chi connectivity index (χ0n) is 10.9. The van der Waals surface area contributed by atoms with Gasteiger partial charge in [0.15, 0.2) is 0 Å². The van der Waals surface area contributed by atoms with Crippen molar-refractivity contribution in [2.75, 3.05) is 13.1 Å². The monoisotopic (exact) mass is 291 g/mol. The van der Waals surface area contributed by atoms with Gasteiger partial charge in [0.25, 0.3) is 5.91 Å². The highest BCUT2D eigenvalue weighted by molar-refractivity contribution is 7.08. The lowest BCUT2D eigenvalue weighted by Crippen LogP contribution is -2.35. The van der Waals surface area contributed by atoms with Crippen LogP contribution < -0.4 is 0 Å². The summed E-state index contributed by atoms with van der Waals surface area (Å²) in [6.45, 7) is 1.58. The molecule has 1 aliphatic heterocycles. The Bertz CT molecular complexity index is 605. The average molecular weight is 291 g/mol. The average Bonchev–Trinajstić information content (AvgIpc) is 2.97. The highest BCUT2D eigenvalue weighted by atomic mass is 32.1. The van der Waals surface area contributed by atoms with Crippen molar-refractivity contribution in [1.82, 2.24) is 14.5 Å². The van der Waals surface area contributed by atoms with E-state index < -0.39 is 0 Å². The van der Waals surface area contributed by atoms with Crippen molar-refractivity contribution in [1.29, 1.82) is 0 Å². The van der Waals surface area contributed by atoms with E-state index in [1.807, 2.05) is 4.90 Å². The van der Waals surface area contributed by atoms with Gasteiger partial charge in [-0.1, -0.05) is 4.49 Å². The number of hydrogen-bond acceptors (Lipinski definition) is 4. The van der Waals surface area contributed by atoms with Crippen LogP contribution in [0.25, 0.3) is 11.3 Å². The number of aromatic nitrogens is 2. The molecule has 0 radical (unpaired) electrons. The van der Waals surface area contributed by atoms with Gasteiger partial charge >= 0.3 is 0 Å². The molecule has 1 aromatic heterocycles. The van der Waals surface area contributed by atoms with E-state index in [0.29, 0.717) is 10.6 Å². The number of nitrogens with zero attached hydrogens (tertiary/aromatic N) is 3. The molecular weight excluding hydrogens is 277 g/mol. The van der Waals surface area contributed by atoms with Crippen LogP contribution in [-0.2, 0) is 0 Å². The van der Waals surface area contributed by atoms with Crippen LogP contribution in [0, 0.1) is 5.82 Å². The van der Waals surface area contributed by atoms with Crippen LogP contribution in [-0.4, -0.2) is 33.5 Å². The molecule has 104 valence electrons. The van der Waals surface area contributed by atoms with Crippen molar-refractivity contribution in [3.05, 3.63) is 35.0 Å². The quantitative estimate of drug-likeness (QED) is 0.854. The fourth-order valence-electron chi connectivity index (χ4n) is 2.37. The van der Waals surface area contributed by atoms with Gasteiger partial charge in [-0.3, -0.25) is 4.79 Å². The van der Waals surface area contributed by atoms with Gasteiger partial charge in [-0.05, 0) is 55.1 Å². The summed E-state index contributed by atoms with van der Waals surface area (Å²) in [5.41, 5.74) is 1.27. The van der Waals surface area contributed by atoms with Gasteiger partial charge in [0.2, 0.25) is 0 Å². The Hall–Kier alpha value is -1.82. The number of piperidine rings is 1. The van der Waals surface area contributed by atoms with Crippen molar-refractivity contribution < 1.29 is 9.18 Å². The molecule has 3 rings (SSSR count). The molecule has 2 heterocycles. The summed E-state index contributed by atoms with van der Waals surface area (Å²) in [4.78, 5) is 14.9. The predicted octanol–water partition coefficient (Wildman–Crippen LogP) is 2.97. The lowest BCUT2D eigenvalue weighted by molar-refractivity contribution is 0.0730. The first kappa shape index (κ1) is 13.2. The molecule has 0 bridgehead atoms. The molecule has 1 saturated heterocycles. The highest BCUT2D eigenvalue weighted by Crippen LogP contribution is 2.26. The lowest BCUT2D eigenvalue weighted by atomic mass is 10.1. The Morgan fingerprint density at radius 3 is 2.55 bits per heavy atom. The van der Waals surface area contributed by atoms with Crippen LogP contribution >= 0.6 is 11.5 Å². The molecule has 6 heteroatoms. The van der Waals surface area contributed by atoms with Crippen molar-refractivity contribution >= 4 is 17.4 Å². The van der Waals surface area contributed by atoms with E-state index in [-0.39, 0.29) is 11.7 Å². The molecule has 0 N–H and O–H groups in total. The summed E-state index contributed by atoms with van der Waals surface area (Å²) >= 11 is 1.10. The summed E-state index contributed by atoms with van der Waals surface area (Å²) in [6.07, 6.45) is 3.27. The summed E-state index contributed by atoms with van der Waals surface area (Å²) < 4.78 is 16.9. The number of benzene rings is 1. The number of carbonyl (C=O) groups excluding carboxylic acids is 1. The molecule has 1 aliphatic rings. The van der Waals surface area contributed by atoms with Crippen molar-refractivity contribution in [3.8, 4) is 11.3 Å². The molecule has 0 unspecified atom stereocenters. The first-order chi connectivity index (χ1) is 9.75. The van der Waals surface area contributed by atoms with Crippen molar-refractivity contribution in [2.45, 2.75) is 19.3 Å². The Labute approximate surface area is 120 Å². The normalized spacial score (nSPS) is 15.3. The zero-order valence-corrected chi connectivity index (χ0v) is 11.7. The Morgan fingerprint density at radius 1 is 1.15 bits per heavy atom. The second-order valence-electron chi connectivity index (χ2n) is 4.81. The number of hydrogen-bond donors (Lipinski definition) is 0. The number of likely N-dealkylation sites (tertiary alicyclic amines) is 1. The second kappa shape index (κ2) is 5.66. The fourth-order valence-corrected chi connectivity index (χ4v) is 3.02. The van der Waals surface area contributed by atoms with Crippen LogP contribution in [0.5, 0.6) is 0 Å². The van der Waals surface area contributed by atoms with Crippen LogP contribution in [0.4, 0.5) is 4.39 Å². The van der Waals surface area contributed by atoms with Gasteiger partial charge in [-0.15, -0.1) is 5.10 Å². The van der Waals surface area contributed by atoms with Crippen LogP contribution in [0.3, 0.4) is 0 Å². The smallest absolute Gasteiger partial charge is 0.267 e. The minimum atomic E-state index is -0.305. The summed E-state index contributed by atoms with van der Waals surface area (Å²) in [5.74, 6) is -0.320. The van der Waals surface area contributed by atoms with Crippen LogP contribution in [0.2, 0.25) is 0 Å². The molecule has 4 nitrogen and oxygen atoms in total. The molecule has 0 saturated carbocycles. The maximum Gasteiger partial charge on any atom is 0.267 e. The molecule has 0 atom stereocenters. The third-order valence-electron chi connectivity index (χ3n) is 3.44. The van der Waals surface area contributed by atoms with E-state index in [1.165, 1.54) is 18.6 Å². The molecule has 1 fully saturated rings. The summed E-state index contributed by atoms with van der Waals surface area (Å²) in [6, 6.07) is 5.98. The Balaban J connectivity index is 1.89. The number of halogens is 1. The third-order valence-corrected chi connectivity index (χ3v) is 4.16. The minimum absolute atomic E-state index is 0.0148. The first-order valence-corrected chi connectivity index (χ1v) is 7.40. The number of amides is 1. The molecule has 1 amide bonds. The van der Waals surface area contributed by atoms with Gasteiger partial charge in [0, 0.05) is 18.7 Å². The van der Waals surface area contributed by atoms with Crippen molar-refractivity contribution in [3.63, 3.8) is 0 Å². The third kappa shape index (κ3) is 2.56. The number of rotatable bonds is 2. The largest absolute Gasteiger partial charge is 0.338 e. The molecule has 2 aromatic rings. The summed E-state index contributed by atoms with van der Waals surface area (Å²) in [5, 5.41) is 4.03. The molecule has 0 spiro atoms. The van der Waals surface area contributed by atoms with E-state index >= 15 is 0 Å². The second-order valence-corrected chi connectivity index (χ2v) is 5.56. The Morgan fingerprint density at radius 2 is 1.85 bits per heavy atom. The van der Waals surface area contributed by atoms with Crippen LogP contribution in [0.1, 0.15) is 28.9 Å². The first-order valence-electron chi connectivity index (χ1n) is 6.63. The molecular formula is C14H14FN3OS. The number of carbonyl (C=O) groups is 1. The molecule has 20 heavy (non-hydrogen) atoms. The SMILES string of the molecule is O=C(c1snnc1-c1ccc(F)cc1)N1CCCCC1. The highest BCUT2D eigenvalue weighted by Gasteiger charge is 2.24. The summed E-state index contributed by atoms with van der Waals surface area (Å²) in [7, 11) is 0. The minimum Gasteiger partial charge on any atom is -0.338 e. The predicted molar refractivity (Wildman–Crippen MR) is 75.1 cm³/mol. The van der Waals surface area contributed by atoms with Gasteiger partial charge < -0.3 is 4.90 Å². The zero-order chi connectivity index (χ0) is 13.9. The maximum atomic E-state index is 13.0. The van der Waals surface area contributed by atoms with Gasteiger partial charge in [0.05, 0.1) is 0 Å². The topological polar surface area (TPSA) is 46.1 Å². The van der Waals surface area contributed by atoms with Gasteiger partial charge in [-0.2, -0.15) is 0 Å². The van der Waals surface area contributed by atoms with E-state index in [1.54, 1.807) is 12.1 Å². The standard InChI is InChI=1S/C14H14FN3OS/c15-11-6-4-10(5-7-11)12-13(20-17-16-12)14(19)18-8-2-1-3-9-18/h4-7H,1-3,8-9H2. The maximum absolute atomic E-state index is 13.0. The van der Waals surface area contributed by atoms with Gasteiger partial charge in [0.1, 0.15) is 16.4 Å². The lowest BCUT2D eigenvalue weighted by Gasteiger charge is -2.26. The van der Waals surface area contributed by atoms with E-state index in [2.05, 4.69) is 9.59 Å². The fraction of sp³-hybridized carbons (Fsp3) is 0.357. The van der Waals surface area contributed by atoms with Gasteiger partial charge in [-0.25, -0.2) is 4.39 Å². The molecule has 1 aromatic carbocycles. The Kier molecular flexibility index (Phi) is 3.73. The van der Waals surface area contributed by atoms with Crippen molar-refractivity contribution in [2.24, 2.45) is 0 Å². The van der Waals surface area contributed by atoms with Crippen LogP contribution in [0.15, 0.2) is 24.3 Å².